The molecule has 0 N–H and O–H groups in total. The first-order valence-electron chi connectivity index (χ1n) is 8.62. The molecule has 2 saturated heterocycles. The second-order valence-electron chi connectivity index (χ2n) is 6.96. The van der Waals surface area contributed by atoms with Crippen molar-refractivity contribution in [2.75, 3.05) is 37.0 Å². The van der Waals surface area contributed by atoms with Gasteiger partial charge in [0, 0.05) is 46.3 Å². The van der Waals surface area contributed by atoms with Gasteiger partial charge >= 0.3 is 10.2 Å². The number of hydrogen-bond acceptors (Lipinski definition) is 5. The lowest BCUT2D eigenvalue weighted by molar-refractivity contribution is -0.138. The zero-order chi connectivity index (χ0) is 18.6. The van der Waals surface area contributed by atoms with Gasteiger partial charge in [-0.1, -0.05) is 0 Å². The lowest BCUT2D eigenvalue weighted by Gasteiger charge is -2.34. The van der Waals surface area contributed by atoms with Crippen molar-refractivity contribution in [3.05, 3.63) is 12.4 Å². The van der Waals surface area contributed by atoms with Crippen molar-refractivity contribution in [1.82, 2.24) is 23.9 Å². The molecule has 1 aromatic rings. The number of aromatic nitrogens is 2. The van der Waals surface area contributed by atoms with Crippen LogP contribution in [0.3, 0.4) is 0 Å². The smallest absolute Gasteiger partial charge is 0.304 e. The van der Waals surface area contributed by atoms with Crippen molar-refractivity contribution in [3.63, 3.8) is 0 Å². The Hall–Kier alpha value is -2.14. The Morgan fingerprint density at radius 1 is 1.15 bits per heavy atom. The van der Waals surface area contributed by atoms with Crippen molar-refractivity contribution in [2.45, 2.75) is 25.4 Å². The maximum Gasteiger partial charge on any atom is 0.304 e. The highest BCUT2D eigenvalue weighted by molar-refractivity contribution is 7.90. The number of fused-ring (bicyclic) bond motifs is 1. The third-order valence-electron chi connectivity index (χ3n) is 5.28. The highest BCUT2D eigenvalue weighted by atomic mass is 32.2. The van der Waals surface area contributed by atoms with Crippen LogP contribution in [0.25, 0.3) is 0 Å². The van der Waals surface area contributed by atoms with Crippen LogP contribution in [0.15, 0.2) is 12.4 Å². The van der Waals surface area contributed by atoms with Crippen molar-refractivity contribution < 1.29 is 18.0 Å². The van der Waals surface area contributed by atoms with Gasteiger partial charge in [0.2, 0.25) is 11.8 Å². The Bertz CT molecular complexity index is 852. The summed E-state index contributed by atoms with van der Waals surface area (Å²) >= 11 is 0. The van der Waals surface area contributed by atoms with Gasteiger partial charge in [-0.25, -0.2) is 0 Å². The first-order chi connectivity index (χ1) is 12.3. The van der Waals surface area contributed by atoms with Crippen molar-refractivity contribution in [1.29, 1.82) is 0 Å². The predicted octanol–water partition coefficient (Wildman–Crippen LogP) is -1.38. The summed E-state index contributed by atoms with van der Waals surface area (Å²) in [4.78, 5) is 27.8. The van der Waals surface area contributed by atoms with Crippen molar-refractivity contribution in [3.8, 4) is 0 Å². The Kier molecular flexibility index (Phi) is 3.95. The minimum atomic E-state index is -3.73. The average molecular weight is 382 g/mol. The molecule has 2 amide bonds. The Labute approximate surface area is 152 Å². The number of piperazine rings is 1. The molecule has 11 heteroatoms. The van der Waals surface area contributed by atoms with E-state index < -0.39 is 10.2 Å². The van der Waals surface area contributed by atoms with E-state index in [2.05, 4.69) is 5.10 Å². The number of carbonyl (C=O) groups is 2. The molecule has 1 aliphatic carbocycles. The van der Waals surface area contributed by atoms with Crippen LogP contribution >= 0.6 is 0 Å². The molecule has 26 heavy (non-hydrogen) atoms. The summed E-state index contributed by atoms with van der Waals surface area (Å²) in [6.07, 6.45) is 3.91. The number of hydrogen-bond donors (Lipinski definition) is 0. The maximum atomic E-state index is 12.7. The van der Waals surface area contributed by atoms with Crippen LogP contribution in [0.2, 0.25) is 0 Å². The fraction of sp³-hybridized carbons (Fsp3) is 0.667. The van der Waals surface area contributed by atoms with Crippen LogP contribution < -0.4 is 4.31 Å². The van der Waals surface area contributed by atoms with Gasteiger partial charge < -0.3 is 9.80 Å². The predicted molar refractivity (Wildman–Crippen MR) is 92.3 cm³/mol. The topological polar surface area (TPSA) is 99.1 Å². The summed E-state index contributed by atoms with van der Waals surface area (Å²) in [6, 6.07) is 0.118. The molecule has 2 unspecified atom stereocenters. The molecule has 3 heterocycles. The molecule has 1 aromatic heterocycles. The molecule has 4 rings (SSSR count). The first-order valence-corrected chi connectivity index (χ1v) is 10.0. The van der Waals surface area contributed by atoms with Gasteiger partial charge in [0.25, 0.3) is 0 Å². The molecule has 0 spiro atoms. The zero-order valence-electron chi connectivity index (χ0n) is 14.8. The van der Waals surface area contributed by atoms with E-state index in [-0.39, 0.29) is 37.0 Å². The van der Waals surface area contributed by atoms with E-state index in [1.54, 1.807) is 27.7 Å². The fourth-order valence-electron chi connectivity index (χ4n) is 3.86. The summed E-state index contributed by atoms with van der Waals surface area (Å²) in [7, 11) is -2.01. The standard InChI is InChI=1S/C15H22N6O4S/c1-11(22)19-4-5-20(14-7-13(14)19)15(23)10-18-3-6-21(26(18,24)25)12-8-16-17(2)9-12/h8-9,13-14H,3-7,10H2,1-2H3. The number of anilines is 1. The van der Waals surface area contributed by atoms with E-state index in [4.69, 9.17) is 0 Å². The van der Waals surface area contributed by atoms with E-state index in [0.717, 1.165) is 6.42 Å². The van der Waals surface area contributed by atoms with Crippen LogP contribution in [0, 0.1) is 0 Å². The molecule has 3 aliphatic rings. The van der Waals surface area contributed by atoms with E-state index in [1.165, 1.54) is 21.7 Å². The largest absolute Gasteiger partial charge is 0.336 e. The third kappa shape index (κ3) is 2.75. The lowest BCUT2D eigenvalue weighted by atomic mass is 10.3. The van der Waals surface area contributed by atoms with E-state index in [0.29, 0.717) is 25.3 Å². The molecule has 142 valence electrons. The molecular weight excluding hydrogens is 360 g/mol. The number of aryl methyl sites for hydroxylation is 1. The number of carbonyl (C=O) groups excluding carboxylic acids is 2. The number of nitrogens with zero attached hydrogens (tertiary/aromatic N) is 6. The molecule has 3 fully saturated rings. The second-order valence-corrected chi connectivity index (χ2v) is 8.81. The van der Waals surface area contributed by atoms with Gasteiger partial charge in [-0.2, -0.15) is 17.8 Å². The summed E-state index contributed by atoms with van der Waals surface area (Å²) < 4.78 is 29.5. The summed E-state index contributed by atoms with van der Waals surface area (Å²) in [5.74, 6) is -0.170. The number of amides is 2. The molecule has 0 bridgehead atoms. The third-order valence-corrected chi connectivity index (χ3v) is 7.19. The zero-order valence-corrected chi connectivity index (χ0v) is 15.6. The van der Waals surface area contributed by atoms with Crippen LogP contribution in [0.4, 0.5) is 5.69 Å². The summed E-state index contributed by atoms with van der Waals surface area (Å²) in [6.45, 7) is 2.91. The molecule has 2 atom stereocenters. The van der Waals surface area contributed by atoms with Gasteiger partial charge in [0.15, 0.2) is 0 Å². The van der Waals surface area contributed by atoms with Gasteiger partial charge in [0.1, 0.15) is 0 Å². The average Bonchev–Trinajstić information content (AvgIpc) is 3.18. The van der Waals surface area contributed by atoms with Gasteiger partial charge in [-0.3, -0.25) is 18.6 Å². The van der Waals surface area contributed by atoms with Crippen molar-refractivity contribution in [2.24, 2.45) is 7.05 Å². The minimum absolute atomic E-state index is 0.0267. The quantitative estimate of drug-likeness (QED) is 0.642. The Morgan fingerprint density at radius 3 is 2.50 bits per heavy atom. The van der Waals surface area contributed by atoms with E-state index >= 15 is 0 Å². The van der Waals surface area contributed by atoms with Crippen LogP contribution in [-0.4, -0.2) is 88.9 Å². The van der Waals surface area contributed by atoms with Crippen LogP contribution in [0.1, 0.15) is 13.3 Å². The van der Waals surface area contributed by atoms with Crippen LogP contribution in [-0.2, 0) is 26.8 Å². The highest BCUT2D eigenvalue weighted by Crippen LogP contribution is 2.37. The lowest BCUT2D eigenvalue weighted by Crippen LogP contribution is -2.52. The van der Waals surface area contributed by atoms with Gasteiger partial charge in [-0.15, -0.1) is 0 Å². The molecule has 1 saturated carbocycles. The van der Waals surface area contributed by atoms with E-state index in [1.807, 2.05) is 0 Å². The molecule has 2 aliphatic heterocycles. The monoisotopic (exact) mass is 382 g/mol. The molecule has 10 nitrogen and oxygen atoms in total. The summed E-state index contributed by atoms with van der Waals surface area (Å²) in [5.41, 5.74) is 0.500. The molecule has 0 radical (unpaired) electrons. The van der Waals surface area contributed by atoms with Gasteiger partial charge in [-0.05, 0) is 6.42 Å². The van der Waals surface area contributed by atoms with Crippen molar-refractivity contribution >= 4 is 27.7 Å². The van der Waals surface area contributed by atoms with E-state index in [9.17, 15) is 18.0 Å². The highest BCUT2D eigenvalue weighted by Gasteiger charge is 2.52. The first kappa shape index (κ1) is 17.3. The normalized spacial score (nSPS) is 27.5. The minimum Gasteiger partial charge on any atom is -0.336 e. The molecule has 0 aromatic carbocycles. The Morgan fingerprint density at radius 2 is 1.85 bits per heavy atom. The SMILES string of the molecule is CC(=O)N1CCN(C(=O)CN2CCN(c3cnn(C)c3)S2(=O)=O)C2CC21. The second kappa shape index (κ2) is 5.95. The summed E-state index contributed by atoms with van der Waals surface area (Å²) in [5, 5.41) is 4.01. The number of rotatable bonds is 3. The Balaban J connectivity index is 1.42. The fourth-order valence-corrected chi connectivity index (χ4v) is 5.40. The van der Waals surface area contributed by atoms with Gasteiger partial charge in [0.05, 0.1) is 30.5 Å². The molecular formula is C15H22N6O4S. The van der Waals surface area contributed by atoms with Crippen LogP contribution in [0.5, 0.6) is 0 Å². The maximum absolute atomic E-state index is 12.7.